The molecule has 5 heteroatoms. The summed E-state index contributed by atoms with van der Waals surface area (Å²) in [5, 5.41) is 8.57. The molecule has 0 bridgehead atoms. The number of hydrogen-bond donors (Lipinski definition) is 1. The second-order valence-corrected chi connectivity index (χ2v) is 4.66. The smallest absolute Gasteiger partial charge is 0.323 e. The zero-order valence-corrected chi connectivity index (χ0v) is 11.4. The number of amides is 1. The van der Waals surface area contributed by atoms with E-state index in [2.05, 4.69) is 13.8 Å². The van der Waals surface area contributed by atoms with Crippen LogP contribution in [-0.4, -0.2) is 42.1 Å². The fourth-order valence-electron chi connectivity index (χ4n) is 1.50. The summed E-state index contributed by atoms with van der Waals surface area (Å²) in [6.07, 6.45) is 0. The Bertz CT molecular complexity index is 439. The van der Waals surface area contributed by atoms with E-state index in [1.165, 1.54) is 12.6 Å². The van der Waals surface area contributed by atoms with Crippen LogP contribution in [-0.2, 0) is 9.59 Å². The van der Waals surface area contributed by atoms with E-state index in [-0.39, 0.29) is 19.1 Å². The predicted molar refractivity (Wildman–Crippen MR) is 71.3 cm³/mol. The fourth-order valence-corrected chi connectivity index (χ4v) is 1.50. The monoisotopic (exact) mass is 265 g/mol. The molecule has 19 heavy (non-hydrogen) atoms. The van der Waals surface area contributed by atoms with Crippen LogP contribution in [0.5, 0.6) is 5.75 Å². The van der Waals surface area contributed by atoms with Crippen molar-refractivity contribution in [3.05, 3.63) is 29.8 Å². The molecule has 0 saturated carbocycles. The third-order valence-electron chi connectivity index (χ3n) is 2.71. The first-order valence-electron chi connectivity index (χ1n) is 6.08. The minimum Gasteiger partial charge on any atom is -0.484 e. The zero-order chi connectivity index (χ0) is 14.4. The third kappa shape index (κ3) is 4.99. The van der Waals surface area contributed by atoms with Crippen molar-refractivity contribution < 1.29 is 19.4 Å². The van der Waals surface area contributed by atoms with Crippen molar-refractivity contribution in [3.8, 4) is 5.75 Å². The van der Waals surface area contributed by atoms with Gasteiger partial charge in [0.15, 0.2) is 6.61 Å². The number of likely N-dealkylation sites (N-methyl/N-ethyl adjacent to an activating group) is 1. The van der Waals surface area contributed by atoms with Crippen molar-refractivity contribution in [2.75, 3.05) is 20.2 Å². The van der Waals surface area contributed by atoms with Gasteiger partial charge in [0.1, 0.15) is 12.3 Å². The SMILES string of the molecule is CC(C)c1ccc(OCC(=O)N(C)CC(=O)O)cc1. The maximum atomic E-state index is 11.6. The van der Waals surface area contributed by atoms with Crippen LogP contribution in [0, 0.1) is 0 Å². The Morgan fingerprint density at radius 2 is 1.84 bits per heavy atom. The number of ether oxygens (including phenoxy) is 1. The van der Waals surface area contributed by atoms with E-state index in [0.717, 1.165) is 4.90 Å². The highest BCUT2D eigenvalue weighted by molar-refractivity contribution is 5.82. The molecule has 0 aliphatic carbocycles. The molecule has 0 radical (unpaired) electrons. The first-order valence-corrected chi connectivity index (χ1v) is 6.08. The lowest BCUT2D eigenvalue weighted by molar-refractivity contribution is -0.144. The van der Waals surface area contributed by atoms with E-state index in [0.29, 0.717) is 11.7 Å². The lowest BCUT2D eigenvalue weighted by atomic mass is 10.0. The second kappa shape index (κ2) is 6.78. The molecule has 0 aliphatic heterocycles. The molecule has 1 amide bonds. The molecule has 0 fully saturated rings. The minimum absolute atomic E-state index is 0.162. The van der Waals surface area contributed by atoms with Gasteiger partial charge in [-0.25, -0.2) is 0 Å². The summed E-state index contributed by atoms with van der Waals surface area (Å²) < 4.78 is 5.32. The maximum Gasteiger partial charge on any atom is 0.323 e. The summed E-state index contributed by atoms with van der Waals surface area (Å²) >= 11 is 0. The van der Waals surface area contributed by atoms with E-state index in [4.69, 9.17) is 9.84 Å². The number of carboxylic acid groups (broad SMARTS) is 1. The van der Waals surface area contributed by atoms with Crippen molar-refractivity contribution in [2.24, 2.45) is 0 Å². The number of aliphatic carboxylic acids is 1. The number of carbonyl (C=O) groups is 2. The lowest BCUT2D eigenvalue weighted by Gasteiger charge is -2.15. The molecule has 104 valence electrons. The molecule has 0 spiro atoms. The molecule has 0 aromatic heterocycles. The summed E-state index contributed by atoms with van der Waals surface area (Å²) in [5.74, 6) is -0.369. The van der Waals surface area contributed by atoms with Crippen LogP contribution in [0.1, 0.15) is 25.3 Å². The molecule has 0 aliphatic rings. The van der Waals surface area contributed by atoms with E-state index < -0.39 is 5.97 Å². The molecule has 0 unspecified atom stereocenters. The molecule has 5 nitrogen and oxygen atoms in total. The summed E-state index contributed by atoms with van der Waals surface area (Å²) in [6, 6.07) is 7.51. The Morgan fingerprint density at radius 1 is 1.26 bits per heavy atom. The Morgan fingerprint density at radius 3 is 2.32 bits per heavy atom. The first kappa shape index (κ1) is 15.0. The number of nitrogens with zero attached hydrogens (tertiary/aromatic N) is 1. The molecular weight excluding hydrogens is 246 g/mol. The summed E-state index contributed by atoms with van der Waals surface area (Å²) in [5.41, 5.74) is 1.20. The number of carbonyl (C=O) groups excluding carboxylic acids is 1. The normalized spacial score (nSPS) is 10.3. The quantitative estimate of drug-likeness (QED) is 0.850. The lowest BCUT2D eigenvalue weighted by Crippen LogP contribution is -2.35. The van der Waals surface area contributed by atoms with Crippen LogP contribution in [0.2, 0.25) is 0 Å². The third-order valence-corrected chi connectivity index (χ3v) is 2.71. The average Bonchev–Trinajstić information content (AvgIpc) is 2.35. The molecule has 0 heterocycles. The van der Waals surface area contributed by atoms with E-state index in [1.54, 1.807) is 12.1 Å². The van der Waals surface area contributed by atoms with Crippen molar-refractivity contribution >= 4 is 11.9 Å². The van der Waals surface area contributed by atoms with E-state index in [1.807, 2.05) is 12.1 Å². The molecule has 1 aromatic rings. The molecule has 0 saturated heterocycles. The van der Waals surface area contributed by atoms with Gasteiger partial charge in [0.25, 0.3) is 5.91 Å². The van der Waals surface area contributed by atoms with Gasteiger partial charge in [0.05, 0.1) is 0 Å². The number of benzene rings is 1. The average molecular weight is 265 g/mol. The summed E-state index contributed by atoms with van der Waals surface area (Å²) in [4.78, 5) is 23.1. The van der Waals surface area contributed by atoms with Gasteiger partial charge in [0, 0.05) is 7.05 Å². The topological polar surface area (TPSA) is 66.8 Å². The van der Waals surface area contributed by atoms with Crippen LogP contribution >= 0.6 is 0 Å². The van der Waals surface area contributed by atoms with Crippen molar-refractivity contribution in [2.45, 2.75) is 19.8 Å². The fraction of sp³-hybridized carbons (Fsp3) is 0.429. The van der Waals surface area contributed by atoms with Crippen molar-refractivity contribution in [1.29, 1.82) is 0 Å². The van der Waals surface area contributed by atoms with Gasteiger partial charge in [0.2, 0.25) is 0 Å². The second-order valence-electron chi connectivity index (χ2n) is 4.66. The minimum atomic E-state index is -1.04. The van der Waals surface area contributed by atoms with Crippen LogP contribution in [0.25, 0.3) is 0 Å². The predicted octanol–water partition coefficient (Wildman–Crippen LogP) is 1.73. The molecular formula is C14H19NO4. The first-order chi connectivity index (χ1) is 8.90. The standard InChI is InChI=1S/C14H19NO4/c1-10(2)11-4-6-12(7-5-11)19-9-13(16)15(3)8-14(17)18/h4-7,10H,8-9H2,1-3H3,(H,17,18). The zero-order valence-electron chi connectivity index (χ0n) is 11.4. The number of carboxylic acids is 1. The van der Waals surface area contributed by atoms with Gasteiger partial charge in [-0.1, -0.05) is 26.0 Å². The highest BCUT2D eigenvalue weighted by Gasteiger charge is 2.12. The van der Waals surface area contributed by atoms with Crippen LogP contribution < -0.4 is 4.74 Å². The van der Waals surface area contributed by atoms with E-state index >= 15 is 0 Å². The van der Waals surface area contributed by atoms with Crippen LogP contribution in [0.3, 0.4) is 0 Å². The van der Waals surface area contributed by atoms with E-state index in [9.17, 15) is 9.59 Å². The Balaban J connectivity index is 2.48. The molecule has 1 N–H and O–H groups in total. The Labute approximate surface area is 112 Å². The highest BCUT2D eigenvalue weighted by Crippen LogP contribution is 2.18. The molecule has 0 atom stereocenters. The summed E-state index contributed by atoms with van der Waals surface area (Å²) in [7, 11) is 1.43. The summed E-state index contributed by atoms with van der Waals surface area (Å²) in [6.45, 7) is 3.71. The van der Waals surface area contributed by atoms with Gasteiger partial charge in [-0.2, -0.15) is 0 Å². The van der Waals surface area contributed by atoms with Crippen molar-refractivity contribution in [1.82, 2.24) is 4.90 Å². The Kier molecular flexibility index (Phi) is 5.36. The molecule has 1 aromatic carbocycles. The van der Waals surface area contributed by atoms with Gasteiger partial charge >= 0.3 is 5.97 Å². The highest BCUT2D eigenvalue weighted by atomic mass is 16.5. The Hall–Kier alpha value is -2.04. The molecule has 1 rings (SSSR count). The van der Waals surface area contributed by atoms with Crippen LogP contribution in [0.4, 0.5) is 0 Å². The van der Waals surface area contributed by atoms with Gasteiger partial charge in [-0.15, -0.1) is 0 Å². The van der Waals surface area contributed by atoms with Gasteiger partial charge in [-0.05, 0) is 23.6 Å². The van der Waals surface area contributed by atoms with Gasteiger partial charge in [-0.3, -0.25) is 9.59 Å². The number of hydrogen-bond acceptors (Lipinski definition) is 3. The largest absolute Gasteiger partial charge is 0.484 e. The van der Waals surface area contributed by atoms with Crippen LogP contribution in [0.15, 0.2) is 24.3 Å². The maximum absolute atomic E-state index is 11.6. The van der Waals surface area contributed by atoms with Gasteiger partial charge < -0.3 is 14.7 Å². The van der Waals surface area contributed by atoms with Crippen molar-refractivity contribution in [3.63, 3.8) is 0 Å². The number of rotatable bonds is 6.